The van der Waals surface area contributed by atoms with Crippen LogP contribution in [0.2, 0.25) is 0 Å². The number of carbonyl (C=O) groups is 1. The van der Waals surface area contributed by atoms with Crippen LogP contribution in [0.1, 0.15) is 13.8 Å². The standard InChI is InChI=1S/C13H20N2O3S/c1-9(2)12(8-14)13(16)15-10-4-6-11(7-5-10)19(3,17)18/h4-7,9,12H,8,14H2,1-3H3,(H,15,16). The lowest BCUT2D eigenvalue weighted by atomic mass is 9.95. The second-order valence-electron chi connectivity index (χ2n) is 4.87. The number of hydrogen-bond donors (Lipinski definition) is 2. The van der Waals surface area contributed by atoms with E-state index in [2.05, 4.69) is 5.32 Å². The molecule has 0 radical (unpaired) electrons. The van der Waals surface area contributed by atoms with Gasteiger partial charge in [-0.05, 0) is 30.2 Å². The van der Waals surface area contributed by atoms with Gasteiger partial charge in [-0.25, -0.2) is 8.42 Å². The molecule has 6 heteroatoms. The summed E-state index contributed by atoms with van der Waals surface area (Å²) in [7, 11) is -3.22. The Morgan fingerprint density at radius 1 is 1.26 bits per heavy atom. The van der Waals surface area contributed by atoms with Gasteiger partial charge in [-0.1, -0.05) is 13.8 Å². The molecule has 1 aromatic rings. The summed E-state index contributed by atoms with van der Waals surface area (Å²) in [5.74, 6) is -0.250. The Bertz CT molecular complexity index is 536. The Balaban J connectivity index is 2.81. The van der Waals surface area contributed by atoms with E-state index in [9.17, 15) is 13.2 Å². The summed E-state index contributed by atoms with van der Waals surface area (Å²) >= 11 is 0. The number of nitrogens with one attached hydrogen (secondary N) is 1. The van der Waals surface area contributed by atoms with Crippen LogP contribution in [0.25, 0.3) is 0 Å². The van der Waals surface area contributed by atoms with Gasteiger partial charge in [0.05, 0.1) is 10.8 Å². The Hall–Kier alpha value is -1.40. The van der Waals surface area contributed by atoms with Crippen LogP contribution in [0.3, 0.4) is 0 Å². The van der Waals surface area contributed by atoms with Crippen LogP contribution < -0.4 is 11.1 Å². The van der Waals surface area contributed by atoms with Crippen molar-refractivity contribution in [2.24, 2.45) is 17.6 Å². The van der Waals surface area contributed by atoms with Gasteiger partial charge in [0.25, 0.3) is 0 Å². The zero-order valence-corrected chi connectivity index (χ0v) is 12.2. The summed E-state index contributed by atoms with van der Waals surface area (Å²) in [5.41, 5.74) is 6.14. The van der Waals surface area contributed by atoms with Gasteiger partial charge in [0.1, 0.15) is 0 Å². The van der Waals surface area contributed by atoms with Gasteiger partial charge < -0.3 is 11.1 Å². The summed E-state index contributed by atoms with van der Waals surface area (Å²) < 4.78 is 22.6. The smallest absolute Gasteiger partial charge is 0.229 e. The number of rotatable bonds is 5. The van der Waals surface area contributed by atoms with Crippen LogP contribution in [-0.2, 0) is 14.6 Å². The highest BCUT2D eigenvalue weighted by atomic mass is 32.2. The summed E-state index contributed by atoms with van der Waals surface area (Å²) in [6, 6.07) is 6.08. The maximum absolute atomic E-state index is 12.0. The van der Waals surface area contributed by atoms with Crippen molar-refractivity contribution in [2.45, 2.75) is 18.7 Å². The molecule has 0 saturated heterocycles. The molecule has 0 aliphatic heterocycles. The first-order valence-electron chi connectivity index (χ1n) is 6.06. The third-order valence-corrected chi connectivity index (χ3v) is 4.07. The maximum atomic E-state index is 12.0. The summed E-state index contributed by atoms with van der Waals surface area (Å²) in [4.78, 5) is 12.2. The predicted molar refractivity (Wildman–Crippen MR) is 75.6 cm³/mol. The largest absolute Gasteiger partial charge is 0.330 e. The number of benzene rings is 1. The molecule has 1 unspecified atom stereocenters. The van der Waals surface area contributed by atoms with Crippen molar-refractivity contribution in [1.82, 2.24) is 0 Å². The molecule has 3 N–H and O–H groups in total. The molecule has 5 nitrogen and oxygen atoms in total. The van der Waals surface area contributed by atoms with E-state index >= 15 is 0 Å². The zero-order chi connectivity index (χ0) is 14.6. The van der Waals surface area contributed by atoms with E-state index in [1.54, 1.807) is 12.1 Å². The van der Waals surface area contributed by atoms with Crippen LogP contribution >= 0.6 is 0 Å². The molecule has 0 aromatic heterocycles. The van der Waals surface area contributed by atoms with E-state index in [1.807, 2.05) is 13.8 Å². The number of hydrogen-bond acceptors (Lipinski definition) is 4. The van der Waals surface area contributed by atoms with E-state index < -0.39 is 9.84 Å². The SMILES string of the molecule is CC(C)C(CN)C(=O)Nc1ccc(S(C)(=O)=O)cc1. The van der Waals surface area contributed by atoms with Gasteiger partial charge in [-0.2, -0.15) is 0 Å². The van der Waals surface area contributed by atoms with Crippen molar-refractivity contribution < 1.29 is 13.2 Å². The average Bonchev–Trinajstić information content (AvgIpc) is 2.28. The summed E-state index contributed by atoms with van der Waals surface area (Å²) in [5, 5.41) is 2.74. The van der Waals surface area contributed by atoms with Crippen LogP contribution in [0.5, 0.6) is 0 Å². The number of amides is 1. The number of nitrogens with two attached hydrogens (primary N) is 1. The molecule has 1 amide bonds. The lowest BCUT2D eigenvalue weighted by Crippen LogP contribution is -2.33. The average molecular weight is 284 g/mol. The summed E-state index contributed by atoms with van der Waals surface area (Å²) in [6.45, 7) is 4.15. The quantitative estimate of drug-likeness (QED) is 0.852. The lowest BCUT2D eigenvalue weighted by Gasteiger charge is -2.18. The first kappa shape index (κ1) is 15.7. The van der Waals surface area contributed by atoms with E-state index in [0.717, 1.165) is 6.26 Å². The van der Waals surface area contributed by atoms with Crippen molar-refractivity contribution in [2.75, 3.05) is 18.1 Å². The van der Waals surface area contributed by atoms with Crippen LogP contribution in [0, 0.1) is 11.8 Å². The van der Waals surface area contributed by atoms with Gasteiger partial charge in [0.2, 0.25) is 5.91 Å². The predicted octanol–water partition coefficient (Wildman–Crippen LogP) is 1.26. The fraction of sp³-hybridized carbons (Fsp3) is 0.462. The molecular formula is C13H20N2O3S. The molecule has 0 spiro atoms. The van der Waals surface area contributed by atoms with E-state index in [1.165, 1.54) is 12.1 Å². The number of carbonyl (C=O) groups excluding carboxylic acids is 1. The lowest BCUT2D eigenvalue weighted by molar-refractivity contribution is -0.120. The van der Waals surface area contributed by atoms with Crippen LogP contribution in [-0.4, -0.2) is 27.1 Å². The second-order valence-corrected chi connectivity index (χ2v) is 6.89. The summed E-state index contributed by atoms with van der Waals surface area (Å²) in [6.07, 6.45) is 1.14. The van der Waals surface area contributed by atoms with Gasteiger partial charge in [-0.3, -0.25) is 4.79 Å². The highest BCUT2D eigenvalue weighted by molar-refractivity contribution is 7.90. The highest BCUT2D eigenvalue weighted by Gasteiger charge is 2.20. The van der Waals surface area contributed by atoms with Gasteiger partial charge in [-0.15, -0.1) is 0 Å². The molecule has 1 atom stereocenters. The molecule has 0 aliphatic rings. The fourth-order valence-corrected chi connectivity index (χ4v) is 2.33. The minimum Gasteiger partial charge on any atom is -0.330 e. The Morgan fingerprint density at radius 2 is 1.79 bits per heavy atom. The first-order valence-corrected chi connectivity index (χ1v) is 7.96. The first-order chi connectivity index (χ1) is 8.75. The fourth-order valence-electron chi connectivity index (χ4n) is 1.70. The second kappa shape index (κ2) is 6.16. The minimum absolute atomic E-state index is 0.149. The van der Waals surface area contributed by atoms with Crippen molar-refractivity contribution in [3.8, 4) is 0 Å². The van der Waals surface area contributed by atoms with Gasteiger partial charge >= 0.3 is 0 Å². The molecular weight excluding hydrogens is 264 g/mol. The number of sulfone groups is 1. The number of anilines is 1. The molecule has 19 heavy (non-hydrogen) atoms. The van der Waals surface area contributed by atoms with E-state index in [-0.39, 0.29) is 29.2 Å². The maximum Gasteiger partial charge on any atom is 0.229 e. The highest BCUT2D eigenvalue weighted by Crippen LogP contribution is 2.16. The molecule has 0 aliphatic carbocycles. The topological polar surface area (TPSA) is 89.3 Å². The molecule has 0 saturated carbocycles. The minimum atomic E-state index is -3.22. The Labute approximate surface area is 114 Å². The molecule has 106 valence electrons. The van der Waals surface area contributed by atoms with Crippen molar-refractivity contribution in [1.29, 1.82) is 0 Å². The molecule has 1 rings (SSSR count). The van der Waals surface area contributed by atoms with Crippen LogP contribution in [0.4, 0.5) is 5.69 Å². The van der Waals surface area contributed by atoms with Crippen LogP contribution in [0.15, 0.2) is 29.2 Å². The third-order valence-electron chi connectivity index (χ3n) is 2.95. The molecule has 0 fully saturated rings. The zero-order valence-electron chi connectivity index (χ0n) is 11.4. The van der Waals surface area contributed by atoms with Gasteiger partial charge in [0.15, 0.2) is 9.84 Å². The Kier molecular flexibility index (Phi) is 5.08. The Morgan fingerprint density at radius 3 is 2.16 bits per heavy atom. The van der Waals surface area contributed by atoms with Crippen molar-refractivity contribution in [3.05, 3.63) is 24.3 Å². The third kappa shape index (κ3) is 4.33. The van der Waals surface area contributed by atoms with Crippen molar-refractivity contribution in [3.63, 3.8) is 0 Å². The van der Waals surface area contributed by atoms with Gasteiger partial charge in [0, 0.05) is 18.5 Å². The molecule has 1 aromatic carbocycles. The van der Waals surface area contributed by atoms with E-state index in [4.69, 9.17) is 5.73 Å². The molecule has 0 bridgehead atoms. The van der Waals surface area contributed by atoms with E-state index in [0.29, 0.717) is 5.69 Å². The monoisotopic (exact) mass is 284 g/mol. The van der Waals surface area contributed by atoms with Crippen molar-refractivity contribution >= 4 is 21.4 Å². The normalized spacial score (nSPS) is 13.3. The molecule has 0 heterocycles.